The number of carbonyl (C=O) groups is 3. The minimum Gasteiger partial charge on any atom is -0.463 e. The summed E-state index contributed by atoms with van der Waals surface area (Å²) in [5, 5.41) is 11.3. The van der Waals surface area contributed by atoms with E-state index in [9.17, 15) is 19.5 Å². The van der Waals surface area contributed by atoms with Gasteiger partial charge in [-0.3, -0.25) is 14.5 Å². The van der Waals surface area contributed by atoms with Crippen molar-refractivity contribution in [2.45, 2.75) is 135 Å². The quantitative estimate of drug-likeness (QED) is 0.330. The van der Waals surface area contributed by atoms with Crippen LogP contribution >= 0.6 is 0 Å². The summed E-state index contributed by atoms with van der Waals surface area (Å²) in [7, 11) is 9.23. The van der Waals surface area contributed by atoms with E-state index < -0.39 is 47.5 Å². The Morgan fingerprint density at radius 1 is 1.06 bits per heavy atom. The van der Waals surface area contributed by atoms with E-state index in [1.54, 1.807) is 32.9 Å². The van der Waals surface area contributed by atoms with Gasteiger partial charge in [0.2, 0.25) is 0 Å². The first-order valence-corrected chi connectivity index (χ1v) is 17.3. The van der Waals surface area contributed by atoms with E-state index >= 15 is 0 Å². The van der Waals surface area contributed by atoms with Crippen LogP contribution < -0.4 is 0 Å². The molecule has 12 nitrogen and oxygen atoms in total. The first kappa shape index (κ1) is 39.6. The molecule has 3 aliphatic rings. The van der Waals surface area contributed by atoms with Crippen LogP contribution in [0.25, 0.3) is 0 Å². The zero-order valence-corrected chi connectivity index (χ0v) is 31.1. The molecule has 0 aromatic rings. The predicted molar refractivity (Wildman–Crippen MR) is 178 cm³/mol. The number of carbonyl (C=O) groups excluding carboxylic acids is 3. The van der Waals surface area contributed by atoms with E-state index in [2.05, 4.69) is 11.8 Å². The van der Waals surface area contributed by atoms with Crippen LogP contribution in [0.1, 0.15) is 81.1 Å². The molecular weight excluding hydrogens is 606 g/mol. The Labute approximate surface area is 282 Å². The van der Waals surface area contributed by atoms with Gasteiger partial charge in [0.1, 0.15) is 24.2 Å². The van der Waals surface area contributed by atoms with Gasteiger partial charge in [-0.05, 0) is 100 Å². The third-order valence-corrected chi connectivity index (χ3v) is 10.5. The van der Waals surface area contributed by atoms with Gasteiger partial charge in [0.05, 0.1) is 17.8 Å². The molecule has 1 amide bonds. The van der Waals surface area contributed by atoms with Crippen LogP contribution in [0.2, 0.25) is 0 Å². The Kier molecular flexibility index (Phi) is 13.3. The van der Waals surface area contributed by atoms with E-state index in [1.807, 2.05) is 60.7 Å². The van der Waals surface area contributed by atoms with Crippen LogP contribution in [0, 0.1) is 23.7 Å². The number of amides is 1. The minimum absolute atomic E-state index is 0.0316. The van der Waals surface area contributed by atoms with Crippen LogP contribution in [0.4, 0.5) is 4.79 Å². The molecule has 0 radical (unpaired) electrons. The number of hydrogen-bond donors (Lipinski definition) is 1. The second-order valence-electron chi connectivity index (χ2n) is 16.0. The van der Waals surface area contributed by atoms with E-state index in [4.69, 9.17) is 23.7 Å². The van der Waals surface area contributed by atoms with Crippen LogP contribution in [0.5, 0.6) is 0 Å². The first-order chi connectivity index (χ1) is 21.7. The first-order valence-electron chi connectivity index (χ1n) is 17.3. The van der Waals surface area contributed by atoms with E-state index in [1.165, 1.54) is 0 Å². The predicted octanol–water partition coefficient (Wildman–Crippen LogP) is 3.57. The Balaban J connectivity index is 1.85. The molecule has 12 heteroatoms. The molecule has 1 N–H and O–H groups in total. The highest BCUT2D eigenvalue weighted by atomic mass is 16.7. The average molecular weight is 670 g/mol. The number of nitrogens with zero attached hydrogens (tertiary/aromatic N) is 3. The molecule has 3 rings (SSSR count). The molecule has 0 aromatic carbocycles. The maximum atomic E-state index is 13.9. The lowest BCUT2D eigenvalue weighted by atomic mass is 9.74. The lowest BCUT2D eigenvalue weighted by Gasteiger charge is -2.48. The van der Waals surface area contributed by atoms with Gasteiger partial charge in [-0.15, -0.1) is 0 Å². The summed E-state index contributed by atoms with van der Waals surface area (Å²) in [5.74, 6) is -2.40. The number of ketones is 1. The van der Waals surface area contributed by atoms with E-state index in [-0.39, 0.29) is 54.5 Å². The zero-order valence-electron chi connectivity index (χ0n) is 31.1. The molecule has 3 fully saturated rings. The van der Waals surface area contributed by atoms with Crippen LogP contribution in [0.3, 0.4) is 0 Å². The monoisotopic (exact) mass is 669 g/mol. The van der Waals surface area contributed by atoms with Gasteiger partial charge >= 0.3 is 12.1 Å². The number of methoxy groups -OCH3 is 1. The van der Waals surface area contributed by atoms with Crippen molar-refractivity contribution < 1.29 is 43.2 Å². The second kappa shape index (κ2) is 15.8. The highest BCUT2D eigenvalue weighted by Gasteiger charge is 2.49. The molecule has 0 aromatic heterocycles. The maximum Gasteiger partial charge on any atom is 0.410 e. The van der Waals surface area contributed by atoms with Crippen LogP contribution in [0.15, 0.2) is 0 Å². The number of Topliss-reactive ketones (excluding diaryl/α,β-unsaturated/α-hetero) is 1. The summed E-state index contributed by atoms with van der Waals surface area (Å²) in [6.07, 6.45) is -0.556. The number of ether oxygens (including phenoxy) is 5. The molecule has 47 heavy (non-hydrogen) atoms. The summed E-state index contributed by atoms with van der Waals surface area (Å²) in [5.41, 5.74) is -1.52. The summed E-state index contributed by atoms with van der Waals surface area (Å²) < 4.78 is 30.3. The summed E-state index contributed by atoms with van der Waals surface area (Å²) in [4.78, 5) is 45.8. The number of esters is 1. The fourth-order valence-electron chi connectivity index (χ4n) is 7.61. The number of aliphatic hydroxyl groups excluding tert-OH is 1. The highest BCUT2D eigenvalue weighted by molar-refractivity contribution is 6.00. The molecule has 1 saturated carbocycles. The van der Waals surface area contributed by atoms with E-state index in [0.717, 1.165) is 12.8 Å². The van der Waals surface area contributed by atoms with Crippen molar-refractivity contribution in [2.75, 3.05) is 48.5 Å². The van der Waals surface area contributed by atoms with Gasteiger partial charge in [0.15, 0.2) is 12.1 Å². The molecule has 1 aliphatic carbocycles. The fourth-order valence-corrected chi connectivity index (χ4v) is 7.61. The van der Waals surface area contributed by atoms with Crippen molar-refractivity contribution in [2.24, 2.45) is 23.7 Å². The Bertz CT molecular complexity index is 1080. The number of hydrogen-bond acceptors (Lipinski definition) is 11. The standard InChI is InChI=1S/C35H63N3O9/c1-20-17-35(8,43-13)30(46-32-29(40)26(36(9)10)14-21(2)45-32)22(3)28(39)23(4)31(41)44-19-27(37(11)18-20)24-15-25(16-24)38(12)33(42)47-34(5,6)7/h20-27,29-30,32,40H,14-19H2,1-13H3/t20-,21-,22+,23?,24?,25?,26+,27+,29-,30-,32+,35-/m1/s1. The molecule has 10 atom stereocenters. The molecule has 0 bridgehead atoms. The number of likely N-dealkylation sites (N-methyl/N-ethyl adjacent to an activating group) is 2. The van der Waals surface area contributed by atoms with Crippen molar-refractivity contribution in [3.05, 3.63) is 0 Å². The van der Waals surface area contributed by atoms with Crippen molar-refractivity contribution in [1.82, 2.24) is 14.7 Å². The normalized spacial score (nSPS) is 40.0. The van der Waals surface area contributed by atoms with Gasteiger partial charge in [0, 0.05) is 44.7 Å². The van der Waals surface area contributed by atoms with Gasteiger partial charge in [-0.2, -0.15) is 0 Å². The fraction of sp³-hybridized carbons (Fsp3) is 0.914. The second-order valence-corrected chi connectivity index (χ2v) is 16.0. The van der Waals surface area contributed by atoms with Crippen LogP contribution in [-0.2, 0) is 33.3 Å². The summed E-state index contributed by atoms with van der Waals surface area (Å²) in [6, 6.07) is -0.253. The third kappa shape index (κ3) is 9.66. The Hall–Kier alpha value is -1.83. The van der Waals surface area contributed by atoms with Crippen molar-refractivity contribution in [3.8, 4) is 0 Å². The average Bonchev–Trinajstić information content (AvgIpc) is 2.94. The SMILES string of the molecule is CO[C@]1(C)C[C@@H](C)CN(C)[C@H](C2CC(N(C)C(=O)OC(C)(C)C)C2)COC(=O)C(C)C(=O)[C@H](C)[C@H]1O[C@@H]1O[C@H](C)C[C@H](N(C)C)[C@H]1O. The molecule has 2 aliphatic heterocycles. The van der Waals surface area contributed by atoms with Gasteiger partial charge in [-0.25, -0.2) is 4.79 Å². The molecular formula is C35H63N3O9. The summed E-state index contributed by atoms with van der Waals surface area (Å²) >= 11 is 0. The molecule has 2 saturated heterocycles. The highest BCUT2D eigenvalue weighted by Crippen LogP contribution is 2.39. The lowest BCUT2D eigenvalue weighted by Crippen LogP contribution is -2.59. The molecule has 1 unspecified atom stereocenters. The summed E-state index contributed by atoms with van der Waals surface area (Å²) in [6.45, 7) is 15.7. The smallest absolute Gasteiger partial charge is 0.410 e. The van der Waals surface area contributed by atoms with Gasteiger partial charge < -0.3 is 38.6 Å². The number of rotatable bonds is 6. The van der Waals surface area contributed by atoms with E-state index in [0.29, 0.717) is 19.4 Å². The van der Waals surface area contributed by atoms with Crippen molar-refractivity contribution >= 4 is 17.8 Å². The lowest BCUT2D eigenvalue weighted by molar-refractivity contribution is -0.295. The zero-order chi connectivity index (χ0) is 35.6. The maximum absolute atomic E-state index is 13.9. The van der Waals surface area contributed by atoms with Crippen LogP contribution in [-0.4, -0.2) is 140 Å². The molecule has 272 valence electrons. The number of cyclic esters (lactones) is 1. The topological polar surface area (TPSA) is 127 Å². The van der Waals surface area contributed by atoms with Crippen molar-refractivity contribution in [3.63, 3.8) is 0 Å². The minimum atomic E-state index is -1.03. The molecule has 2 heterocycles. The largest absolute Gasteiger partial charge is 0.463 e. The Morgan fingerprint density at radius 3 is 2.23 bits per heavy atom. The van der Waals surface area contributed by atoms with Gasteiger partial charge in [-0.1, -0.05) is 13.8 Å². The Morgan fingerprint density at radius 2 is 1.68 bits per heavy atom. The van der Waals surface area contributed by atoms with Crippen molar-refractivity contribution in [1.29, 1.82) is 0 Å². The third-order valence-electron chi connectivity index (χ3n) is 10.5. The molecule has 0 spiro atoms. The van der Waals surface area contributed by atoms with Gasteiger partial charge in [0.25, 0.3) is 0 Å². The number of aliphatic hydroxyl groups is 1.